The van der Waals surface area contributed by atoms with Crippen LogP contribution >= 0.6 is 18.5 Å². The highest BCUT2D eigenvalue weighted by Crippen LogP contribution is 2.30. The summed E-state index contributed by atoms with van der Waals surface area (Å²) < 4.78 is 35.1. The first-order valence-electron chi connectivity index (χ1n) is 21.8. The number of Topliss-reactive ketones (excluding diaryl/α,β-unsaturated/α-hetero) is 1. The van der Waals surface area contributed by atoms with Crippen LogP contribution in [0.25, 0.3) is 0 Å². The second-order valence-electron chi connectivity index (χ2n) is 16.5. The van der Waals surface area contributed by atoms with E-state index in [9.17, 15) is 42.0 Å². The van der Waals surface area contributed by atoms with Gasteiger partial charge in [-0.3, -0.25) is 24.0 Å². The van der Waals surface area contributed by atoms with Gasteiger partial charge in [0.05, 0.1) is 29.6 Å². The Kier molecular flexibility index (Phi) is 20.7. The first-order valence-corrected chi connectivity index (χ1v) is 24.6. The van der Waals surface area contributed by atoms with Crippen molar-refractivity contribution in [1.82, 2.24) is 41.6 Å². The molecule has 1 saturated heterocycles. The maximum Gasteiger partial charge on any atom is 0.407 e. The Hall–Kier alpha value is -5.03. The number of nitrogens with zero attached hydrogens (tertiary/aromatic N) is 2. The lowest BCUT2D eigenvalue weighted by Gasteiger charge is -2.34. The number of hydrazone groups is 1. The Labute approximate surface area is 385 Å². The summed E-state index contributed by atoms with van der Waals surface area (Å²) in [7, 11) is 0.558. The van der Waals surface area contributed by atoms with Gasteiger partial charge in [-0.15, -0.1) is 18.5 Å². The van der Waals surface area contributed by atoms with E-state index in [0.717, 1.165) is 19.3 Å². The summed E-state index contributed by atoms with van der Waals surface area (Å²) in [5.41, 5.74) is 1.92. The van der Waals surface area contributed by atoms with Gasteiger partial charge in [0.2, 0.25) is 27.7 Å². The molecule has 2 aromatic carbocycles. The van der Waals surface area contributed by atoms with Gasteiger partial charge in [-0.05, 0) is 62.1 Å². The van der Waals surface area contributed by atoms with Crippen LogP contribution in [0.1, 0.15) is 90.7 Å². The lowest BCUT2D eigenvalue weighted by molar-refractivity contribution is -0.141. The predicted molar refractivity (Wildman–Crippen MR) is 251 cm³/mol. The standard InChI is InChI=1S/C43H63N9O10P2S/c1-5-15-32(37(49-50-41(58)48-43(63)64)39(56)44-23-34(54)46-35(27(4)53)28-16-9-6-10-17-28)45-38(55)33-22-30(51-65(60,61)31-20-13-8-14-21-31)24-52(33)40(57)36(29-18-11-7-12-19-29)47-42(59)62-25-26(2)3/h6,8-10,13-14,16-17,20-21,26,29-30,32-33,35-36,43,51H,5,7,11-12,15,18-19,22-25,63-64H2,1-4H3,(H,44,56)(H,45,55)(H,46,54)(H,47,59)(H2,48,50,58)/t30-,32+,33?,35-,36+/m1/s1. The van der Waals surface area contributed by atoms with Crippen LogP contribution in [-0.2, 0) is 38.7 Å². The molecule has 1 heterocycles. The van der Waals surface area contributed by atoms with Crippen molar-refractivity contribution >= 4 is 75.8 Å². The average molecular weight is 960 g/mol. The molecule has 4 rings (SSSR count). The zero-order chi connectivity index (χ0) is 47.7. The van der Waals surface area contributed by atoms with Crippen LogP contribution in [0, 0.1) is 11.8 Å². The summed E-state index contributed by atoms with van der Waals surface area (Å²) in [5.74, 6) is -3.65. The van der Waals surface area contributed by atoms with Crippen LogP contribution in [0.2, 0.25) is 0 Å². The summed E-state index contributed by atoms with van der Waals surface area (Å²) in [6.07, 6.45) is 3.31. The fourth-order valence-electron chi connectivity index (χ4n) is 7.68. The zero-order valence-electron chi connectivity index (χ0n) is 37.2. The van der Waals surface area contributed by atoms with Gasteiger partial charge >= 0.3 is 12.1 Å². The first kappa shape index (κ1) is 52.6. The fourth-order valence-corrected chi connectivity index (χ4v) is 9.25. The minimum atomic E-state index is -4.12. The van der Waals surface area contributed by atoms with E-state index in [-0.39, 0.29) is 48.5 Å². The van der Waals surface area contributed by atoms with Crippen LogP contribution in [0.3, 0.4) is 0 Å². The lowest BCUT2D eigenvalue weighted by atomic mass is 9.83. The molecule has 65 heavy (non-hydrogen) atoms. The molecule has 2 aromatic rings. The topological polar surface area (TPSA) is 263 Å². The Morgan fingerprint density at radius 2 is 1.52 bits per heavy atom. The van der Waals surface area contributed by atoms with E-state index >= 15 is 0 Å². The fraction of sp³-hybridized carbons (Fsp3) is 0.535. The number of hydrogen-bond acceptors (Lipinski definition) is 11. The molecule has 0 spiro atoms. The van der Waals surface area contributed by atoms with Crippen molar-refractivity contribution in [2.75, 3.05) is 19.7 Å². The third-order valence-corrected chi connectivity index (χ3v) is 12.6. The Morgan fingerprint density at radius 3 is 2.12 bits per heavy atom. The van der Waals surface area contributed by atoms with Crippen LogP contribution < -0.4 is 36.7 Å². The quantitative estimate of drug-likeness (QED) is 0.0547. The van der Waals surface area contributed by atoms with Gasteiger partial charge in [0.25, 0.3) is 5.91 Å². The number of urea groups is 1. The number of hydrogen-bond donors (Lipinski definition) is 7. The number of rotatable bonds is 21. The molecule has 356 valence electrons. The number of ether oxygens (including phenoxy) is 1. The van der Waals surface area contributed by atoms with Crippen molar-refractivity contribution in [2.24, 2.45) is 16.9 Å². The zero-order valence-corrected chi connectivity index (χ0v) is 40.3. The molecule has 7 amide bonds. The second kappa shape index (κ2) is 25.6. The molecular formula is C43H63N9O10P2S. The molecule has 7 N–H and O–H groups in total. The van der Waals surface area contributed by atoms with Gasteiger partial charge in [0, 0.05) is 12.6 Å². The lowest BCUT2D eigenvalue weighted by Crippen LogP contribution is -2.58. The number of alkyl carbamates (subject to hydrolysis) is 1. The van der Waals surface area contributed by atoms with Gasteiger partial charge in [0.15, 0.2) is 5.78 Å². The van der Waals surface area contributed by atoms with Gasteiger partial charge in [-0.2, -0.15) is 5.10 Å². The Morgan fingerprint density at radius 1 is 0.877 bits per heavy atom. The molecule has 22 heteroatoms. The molecule has 2 fully saturated rings. The minimum absolute atomic E-state index is 0.0212. The highest BCUT2D eigenvalue weighted by molar-refractivity contribution is 7.89. The number of amides is 7. The number of carbonyl (C=O) groups excluding carboxylic acids is 7. The molecule has 2 aliphatic rings. The number of benzene rings is 2. The molecule has 3 unspecified atom stereocenters. The molecule has 1 saturated carbocycles. The third-order valence-electron chi connectivity index (χ3n) is 10.8. The van der Waals surface area contributed by atoms with E-state index in [1.807, 2.05) is 13.8 Å². The van der Waals surface area contributed by atoms with Crippen LogP contribution in [0.5, 0.6) is 0 Å². The Balaban J connectivity index is 1.66. The van der Waals surface area contributed by atoms with Crippen LogP contribution in [-0.4, -0.2) is 110 Å². The number of carbonyl (C=O) groups is 7. The summed E-state index contributed by atoms with van der Waals surface area (Å²) in [6.45, 7) is 6.09. The molecule has 1 aliphatic heterocycles. The van der Waals surface area contributed by atoms with Crippen LogP contribution in [0.15, 0.2) is 70.7 Å². The molecule has 0 aromatic heterocycles. The second-order valence-corrected chi connectivity index (χ2v) is 20.5. The minimum Gasteiger partial charge on any atom is -0.449 e. The van der Waals surface area contributed by atoms with E-state index in [1.165, 1.54) is 24.0 Å². The average Bonchev–Trinajstić information content (AvgIpc) is 3.69. The van der Waals surface area contributed by atoms with Crippen LogP contribution in [0.4, 0.5) is 9.59 Å². The van der Waals surface area contributed by atoms with Gasteiger partial charge in [-0.1, -0.05) is 95.0 Å². The number of sulfonamides is 1. The predicted octanol–water partition coefficient (Wildman–Crippen LogP) is 2.80. The smallest absolute Gasteiger partial charge is 0.407 e. The summed E-state index contributed by atoms with van der Waals surface area (Å²) in [6, 6.07) is 9.79. The highest BCUT2D eigenvalue weighted by Gasteiger charge is 2.46. The van der Waals surface area contributed by atoms with Crippen molar-refractivity contribution in [3.05, 3.63) is 66.2 Å². The molecule has 0 bridgehead atoms. The van der Waals surface area contributed by atoms with Crippen molar-refractivity contribution in [3.63, 3.8) is 0 Å². The first-order chi connectivity index (χ1) is 30.9. The van der Waals surface area contributed by atoms with Gasteiger partial charge in [-0.25, -0.2) is 28.2 Å². The van der Waals surface area contributed by atoms with Crippen molar-refractivity contribution in [2.45, 2.75) is 120 Å². The third kappa shape index (κ3) is 16.4. The SMILES string of the molecule is CCC[C@H](NC(=O)C1C[C@@H](NS(=O)(=O)c2ccccc2)CN1C(=O)[C@@H](NC(=O)OCC(C)C)C1CCCCC1)C(=NNC(=O)NC(P)P)C(=O)NCC(=O)N[C@H](C(C)=O)c1ccccc1. The van der Waals surface area contributed by atoms with Gasteiger partial charge < -0.3 is 36.2 Å². The van der Waals surface area contributed by atoms with Crippen molar-refractivity contribution < 1.29 is 46.7 Å². The summed E-state index contributed by atoms with van der Waals surface area (Å²) in [4.78, 5) is 96.0. The highest BCUT2D eigenvalue weighted by atomic mass is 32.2. The van der Waals surface area contributed by atoms with E-state index in [0.29, 0.717) is 24.8 Å². The number of ketones is 1. The molecule has 19 nitrogen and oxygen atoms in total. The number of nitrogens with one attached hydrogen (secondary N) is 7. The van der Waals surface area contributed by atoms with E-state index in [1.54, 1.807) is 55.5 Å². The van der Waals surface area contributed by atoms with Gasteiger partial charge in [0.1, 0.15) is 23.8 Å². The molecule has 0 radical (unpaired) electrons. The van der Waals surface area contributed by atoms with E-state index in [4.69, 9.17) is 4.74 Å². The Bertz CT molecular complexity index is 2110. The number of likely N-dealkylation sites (tertiary alicyclic amines) is 1. The molecular weight excluding hydrogens is 897 g/mol. The van der Waals surface area contributed by atoms with E-state index in [2.05, 4.69) is 60.3 Å². The molecule has 7 atom stereocenters. The molecule has 1 aliphatic carbocycles. The normalized spacial score (nSPS) is 18.2. The summed E-state index contributed by atoms with van der Waals surface area (Å²) in [5, 5.41) is 17.3. The van der Waals surface area contributed by atoms with E-state index < -0.39 is 93.8 Å². The van der Waals surface area contributed by atoms with Crippen molar-refractivity contribution in [1.29, 1.82) is 0 Å². The largest absolute Gasteiger partial charge is 0.449 e. The van der Waals surface area contributed by atoms with Crippen molar-refractivity contribution in [3.8, 4) is 0 Å². The maximum atomic E-state index is 14.8. The maximum absolute atomic E-state index is 14.8. The monoisotopic (exact) mass is 959 g/mol. The summed E-state index contributed by atoms with van der Waals surface area (Å²) >= 11 is 0.